The summed E-state index contributed by atoms with van der Waals surface area (Å²) in [7, 11) is 0. The van der Waals surface area contributed by atoms with Gasteiger partial charge in [0.25, 0.3) is 0 Å². The highest BCUT2D eigenvalue weighted by molar-refractivity contribution is 5.13. The van der Waals surface area contributed by atoms with Crippen molar-refractivity contribution in [3.63, 3.8) is 0 Å². The highest BCUT2D eigenvalue weighted by Gasteiger charge is 2.17. The van der Waals surface area contributed by atoms with Gasteiger partial charge in [-0.1, -0.05) is 6.92 Å². The molecule has 2 heterocycles. The number of aryl methyl sites for hydroxylation is 1. The lowest BCUT2D eigenvalue weighted by Crippen LogP contribution is -2.14. The molecule has 1 aromatic rings. The van der Waals surface area contributed by atoms with Gasteiger partial charge in [-0.25, -0.2) is 9.97 Å². The Kier molecular flexibility index (Phi) is 2.54. The van der Waals surface area contributed by atoms with Gasteiger partial charge in [-0.15, -0.1) is 0 Å². The van der Waals surface area contributed by atoms with Gasteiger partial charge in [0.15, 0.2) is 0 Å². The van der Waals surface area contributed by atoms with Crippen molar-refractivity contribution >= 4 is 0 Å². The summed E-state index contributed by atoms with van der Waals surface area (Å²) < 4.78 is 0. The van der Waals surface area contributed by atoms with E-state index >= 15 is 0 Å². The zero-order valence-corrected chi connectivity index (χ0v) is 7.95. The van der Waals surface area contributed by atoms with Gasteiger partial charge in [0.2, 0.25) is 0 Å². The molecule has 1 aliphatic rings. The Morgan fingerprint density at radius 2 is 2.46 bits per heavy atom. The second-order valence-corrected chi connectivity index (χ2v) is 3.44. The van der Waals surface area contributed by atoms with Crippen LogP contribution >= 0.6 is 0 Å². The topological polar surface area (TPSA) is 37.8 Å². The summed E-state index contributed by atoms with van der Waals surface area (Å²) in [4.78, 5) is 8.49. The molecule has 1 unspecified atom stereocenters. The molecule has 2 rings (SSSR count). The lowest BCUT2D eigenvalue weighted by Gasteiger charge is -2.09. The SMILES string of the molecule is CCc1cc(C2CCCN2)ncn1. The van der Waals surface area contributed by atoms with Crippen LogP contribution in [0.1, 0.15) is 37.2 Å². The van der Waals surface area contributed by atoms with E-state index in [-0.39, 0.29) is 0 Å². The van der Waals surface area contributed by atoms with Gasteiger partial charge in [-0.3, -0.25) is 0 Å². The Bertz CT molecular complexity index is 279. The third kappa shape index (κ3) is 1.86. The number of hydrogen-bond acceptors (Lipinski definition) is 3. The molecule has 1 saturated heterocycles. The predicted octanol–water partition coefficient (Wildman–Crippen LogP) is 1.46. The van der Waals surface area contributed by atoms with Crippen LogP contribution in [0, 0.1) is 0 Å². The first-order valence-electron chi connectivity index (χ1n) is 4.94. The maximum Gasteiger partial charge on any atom is 0.115 e. The predicted molar refractivity (Wildman–Crippen MR) is 51.4 cm³/mol. The highest BCUT2D eigenvalue weighted by Crippen LogP contribution is 2.20. The maximum atomic E-state index is 4.30. The molecule has 0 spiro atoms. The fourth-order valence-corrected chi connectivity index (χ4v) is 1.74. The number of rotatable bonds is 2. The lowest BCUT2D eigenvalue weighted by atomic mass is 10.1. The van der Waals surface area contributed by atoms with Crippen molar-refractivity contribution in [3.8, 4) is 0 Å². The Hall–Kier alpha value is -0.960. The van der Waals surface area contributed by atoms with E-state index < -0.39 is 0 Å². The minimum absolute atomic E-state index is 0.466. The standard InChI is InChI=1S/C10H15N3/c1-2-8-6-10(13-7-12-8)9-4-3-5-11-9/h6-7,9,11H,2-5H2,1H3. The largest absolute Gasteiger partial charge is 0.309 e. The smallest absolute Gasteiger partial charge is 0.115 e. The van der Waals surface area contributed by atoms with Crippen LogP contribution in [-0.2, 0) is 6.42 Å². The first-order chi connectivity index (χ1) is 6.40. The van der Waals surface area contributed by atoms with Crippen LogP contribution in [0.15, 0.2) is 12.4 Å². The van der Waals surface area contributed by atoms with Gasteiger partial charge in [0.05, 0.1) is 5.69 Å². The molecule has 3 heteroatoms. The summed E-state index contributed by atoms with van der Waals surface area (Å²) in [5, 5.41) is 3.43. The third-order valence-corrected chi connectivity index (χ3v) is 2.52. The van der Waals surface area contributed by atoms with E-state index in [1.165, 1.54) is 12.8 Å². The van der Waals surface area contributed by atoms with E-state index in [0.717, 1.165) is 24.4 Å². The number of nitrogens with one attached hydrogen (secondary N) is 1. The summed E-state index contributed by atoms with van der Waals surface area (Å²) in [6.45, 7) is 3.24. The Morgan fingerprint density at radius 3 is 3.15 bits per heavy atom. The first kappa shape index (κ1) is 8.63. The molecule has 1 fully saturated rings. The zero-order chi connectivity index (χ0) is 9.10. The quantitative estimate of drug-likeness (QED) is 0.743. The van der Waals surface area contributed by atoms with Crippen molar-refractivity contribution in [2.45, 2.75) is 32.2 Å². The minimum atomic E-state index is 0.466. The Balaban J connectivity index is 2.18. The van der Waals surface area contributed by atoms with Crippen LogP contribution in [0.3, 0.4) is 0 Å². The molecule has 0 aromatic carbocycles. The van der Waals surface area contributed by atoms with Crippen molar-refractivity contribution in [2.75, 3.05) is 6.54 Å². The second-order valence-electron chi connectivity index (χ2n) is 3.44. The normalized spacial score (nSPS) is 22.1. The average Bonchev–Trinajstić information content (AvgIpc) is 2.71. The van der Waals surface area contributed by atoms with Gasteiger partial charge in [0.1, 0.15) is 6.33 Å². The van der Waals surface area contributed by atoms with Crippen LogP contribution in [-0.4, -0.2) is 16.5 Å². The van der Waals surface area contributed by atoms with Gasteiger partial charge in [-0.05, 0) is 31.9 Å². The molecule has 1 N–H and O–H groups in total. The summed E-state index contributed by atoms with van der Waals surface area (Å²) in [5.41, 5.74) is 2.29. The molecule has 0 radical (unpaired) electrons. The van der Waals surface area contributed by atoms with Crippen LogP contribution in [0.25, 0.3) is 0 Å². The first-order valence-corrected chi connectivity index (χ1v) is 4.94. The van der Waals surface area contributed by atoms with E-state index in [4.69, 9.17) is 0 Å². The zero-order valence-electron chi connectivity index (χ0n) is 7.95. The molecule has 0 amide bonds. The van der Waals surface area contributed by atoms with Crippen molar-refractivity contribution in [2.24, 2.45) is 0 Å². The Labute approximate surface area is 78.6 Å². The average molecular weight is 177 g/mol. The Morgan fingerprint density at radius 1 is 1.54 bits per heavy atom. The summed E-state index contributed by atoms with van der Waals surface area (Å²) in [6, 6.07) is 2.58. The molecule has 1 atom stereocenters. The molecule has 1 aromatic heterocycles. The van der Waals surface area contributed by atoms with Crippen molar-refractivity contribution in [3.05, 3.63) is 23.8 Å². The molecule has 0 aliphatic carbocycles. The molecule has 13 heavy (non-hydrogen) atoms. The van der Waals surface area contributed by atoms with E-state index in [0.29, 0.717) is 6.04 Å². The van der Waals surface area contributed by atoms with Crippen molar-refractivity contribution < 1.29 is 0 Å². The van der Waals surface area contributed by atoms with Crippen LogP contribution in [0.2, 0.25) is 0 Å². The molecule has 70 valence electrons. The van der Waals surface area contributed by atoms with E-state index in [2.05, 4.69) is 28.3 Å². The number of aromatic nitrogens is 2. The van der Waals surface area contributed by atoms with E-state index in [9.17, 15) is 0 Å². The molecular formula is C10H15N3. The van der Waals surface area contributed by atoms with Crippen LogP contribution in [0.5, 0.6) is 0 Å². The number of hydrogen-bond donors (Lipinski definition) is 1. The van der Waals surface area contributed by atoms with Gasteiger partial charge < -0.3 is 5.32 Å². The van der Waals surface area contributed by atoms with E-state index in [1.807, 2.05) is 0 Å². The minimum Gasteiger partial charge on any atom is -0.309 e. The fraction of sp³-hybridized carbons (Fsp3) is 0.600. The summed E-state index contributed by atoms with van der Waals surface area (Å²) in [6.07, 6.45) is 5.13. The molecule has 3 nitrogen and oxygen atoms in total. The second kappa shape index (κ2) is 3.83. The molecular weight excluding hydrogens is 162 g/mol. The fourth-order valence-electron chi connectivity index (χ4n) is 1.74. The lowest BCUT2D eigenvalue weighted by molar-refractivity contribution is 0.623. The number of nitrogens with zero attached hydrogens (tertiary/aromatic N) is 2. The molecule has 1 aliphatic heterocycles. The van der Waals surface area contributed by atoms with Crippen LogP contribution in [0.4, 0.5) is 0 Å². The van der Waals surface area contributed by atoms with Crippen LogP contribution < -0.4 is 5.32 Å². The third-order valence-electron chi connectivity index (χ3n) is 2.52. The maximum absolute atomic E-state index is 4.30. The highest BCUT2D eigenvalue weighted by atomic mass is 15.0. The van der Waals surface area contributed by atoms with Gasteiger partial charge in [-0.2, -0.15) is 0 Å². The molecule has 0 bridgehead atoms. The monoisotopic (exact) mass is 177 g/mol. The van der Waals surface area contributed by atoms with Gasteiger partial charge >= 0.3 is 0 Å². The van der Waals surface area contributed by atoms with E-state index in [1.54, 1.807) is 6.33 Å². The summed E-state index contributed by atoms with van der Waals surface area (Å²) in [5.74, 6) is 0. The van der Waals surface area contributed by atoms with Crippen molar-refractivity contribution in [1.82, 2.24) is 15.3 Å². The summed E-state index contributed by atoms with van der Waals surface area (Å²) >= 11 is 0. The van der Waals surface area contributed by atoms with Crippen molar-refractivity contribution in [1.29, 1.82) is 0 Å². The van der Waals surface area contributed by atoms with Gasteiger partial charge in [0, 0.05) is 11.7 Å². The molecule has 0 saturated carbocycles.